The number of hydrogen-bond acceptors (Lipinski definition) is 4. The summed E-state index contributed by atoms with van der Waals surface area (Å²) in [7, 11) is 1.80. The Labute approximate surface area is 91.7 Å². The Kier molecular flexibility index (Phi) is 3.61. The largest absolute Gasteiger partial charge is 0.381 e. The van der Waals surface area contributed by atoms with Crippen LogP contribution in [0.15, 0.2) is 0 Å². The third-order valence-electron chi connectivity index (χ3n) is 3.62. The van der Waals surface area contributed by atoms with Gasteiger partial charge in [-0.2, -0.15) is 0 Å². The van der Waals surface area contributed by atoms with Crippen molar-refractivity contribution in [2.24, 2.45) is 5.73 Å². The van der Waals surface area contributed by atoms with Crippen molar-refractivity contribution in [3.8, 4) is 0 Å². The van der Waals surface area contributed by atoms with Gasteiger partial charge in [-0.15, -0.1) is 0 Å². The zero-order valence-electron chi connectivity index (χ0n) is 9.58. The van der Waals surface area contributed by atoms with E-state index in [2.05, 4.69) is 4.90 Å². The van der Waals surface area contributed by atoms with Crippen molar-refractivity contribution in [2.45, 2.75) is 31.0 Å². The number of nitrogens with zero attached hydrogens (tertiary/aromatic N) is 1. The summed E-state index contributed by atoms with van der Waals surface area (Å²) in [5.41, 5.74) is 5.64. The number of methoxy groups -OCH3 is 1. The van der Waals surface area contributed by atoms with E-state index in [1.165, 1.54) is 0 Å². The molecule has 4 nitrogen and oxygen atoms in total. The molecule has 88 valence electrons. The van der Waals surface area contributed by atoms with Gasteiger partial charge in [0.2, 0.25) is 0 Å². The van der Waals surface area contributed by atoms with Crippen molar-refractivity contribution in [2.75, 3.05) is 39.9 Å². The van der Waals surface area contributed by atoms with Crippen LogP contribution in [0.5, 0.6) is 0 Å². The van der Waals surface area contributed by atoms with Gasteiger partial charge in [0.15, 0.2) is 0 Å². The highest BCUT2D eigenvalue weighted by Crippen LogP contribution is 2.34. The molecule has 4 heteroatoms. The molecule has 0 radical (unpaired) electrons. The smallest absolute Gasteiger partial charge is 0.0845 e. The number of rotatable bonds is 3. The molecule has 0 aromatic rings. The second-order valence-electron chi connectivity index (χ2n) is 4.70. The van der Waals surface area contributed by atoms with E-state index in [0.717, 1.165) is 52.0 Å². The van der Waals surface area contributed by atoms with Gasteiger partial charge < -0.3 is 15.2 Å². The van der Waals surface area contributed by atoms with Gasteiger partial charge in [-0.25, -0.2) is 0 Å². The van der Waals surface area contributed by atoms with Crippen LogP contribution < -0.4 is 5.73 Å². The number of nitrogens with two attached hydrogens (primary N) is 1. The van der Waals surface area contributed by atoms with E-state index in [-0.39, 0.29) is 5.60 Å². The van der Waals surface area contributed by atoms with Crippen LogP contribution in [0.1, 0.15) is 19.3 Å². The van der Waals surface area contributed by atoms with Gasteiger partial charge in [0.05, 0.1) is 11.7 Å². The van der Waals surface area contributed by atoms with Crippen molar-refractivity contribution in [3.05, 3.63) is 0 Å². The summed E-state index contributed by atoms with van der Waals surface area (Å²) >= 11 is 0. The first-order valence-corrected chi connectivity index (χ1v) is 5.87. The van der Waals surface area contributed by atoms with Crippen LogP contribution in [0, 0.1) is 0 Å². The topological polar surface area (TPSA) is 47.7 Å². The zero-order valence-corrected chi connectivity index (χ0v) is 9.58. The predicted molar refractivity (Wildman–Crippen MR) is 58.8 cm³/mol. The molecule has 2 atom stereocenters. The summed E-state index contributed by atoms with van der Waals surface area (Å²) in [5, 5.41) is 0. The fraction of sp³-hybridized carbons (Fsp3) is 1.00. The molecule has 2 aliphatic rings. The van der Waals surface area contributed by atoms with Gasteiger partial charge in [-0.1, -0.05) is 0 Å². The highest BCUT2D eigenvalue weighted by Gasteiger charge is 2.42. The Balaban J connectivity index is 1.90. The molecule has 0 aromatic carbocycles. The highest BCUT2D eigenvalue weighted by atomic mass is 16.5. The Morgan fingerprint density at radius 3 is 3.20 bits per heavy atom. The Bertz CT molecular complexity index is 213. The van der Waals surface area contributed by atoms with E-state index >= 15 is 0 Å². The number of ether oxygens (including phenoxy) is 2. The molecule has 0 bridgehead atoms. The second kappa shape index (κ2) is 4.78. The summed E-state index contributed by atoms with van der Waals surface area (Å²) in [6, 6.07) is 0. The molecule has 2 fully saturated rings. The predicted octanol–water partition coefficient (Wildman–Crippen LogP) is 0.215. The average Bonchev–Trinajstić information content (AvgIpc) is 2.62. The van der Waals surface area contributed by atoms with Gasteiger partial charge in [0, 0.05) is 46.3 Å². The van der Waals surface area contributed by atoms with Crippen molar-refractivity contribution < 1.29 is 9.47 Å². The summed E-state index contributed by atoms with van der Waals surface area (Å²) in [6.07, 6.45) is 3.60. The van der Waals surface area contributed by atoms with Crippen molar-refractivity contribution in [1.82, 2.24) is 4.90 Å². The minimum Gasteiger partial charge on any atom is -0.381 e. The van der Waals surface area contributed by atoms with Crippen molar-refractivity contribution >= 4 is 0 Å². The molecule has 0 saturated carbocycles. The average molecular weight is 214 g/mol. The molecule has 2 saturated heterocycles. The SMILES string of the molecule is CO[C@@H]1CCO[C@]2(CCN(CCN)C2)C1. The first kappa shape index (κ1) is 11.3. The van der Waals surface area contributed by atoms with Crippen LogP contribution >= 0.6 is 0 Å². The Morgan fingerprint density at radius 1 is 1.60 bits per heavy atom. The minimum atomic E-state index is 0.0636. The first-order valence-electron chi connectivity index (χ1n) is 5.87. The third-order valence-corrected chi connectivity index (χ3v) is 3.62. The van der Waals surface area contributed by atoms with Crippen LogP contribution in [0.3, 0.4) is 0 Å². The zero-order chi connectivity index (χ0) is 10.7. The summed E-state index contributed by atoms with van der Waals surface area (Å²) in [5.74, 6) is 0. The molecule has 0 aromatic heterocycles. The number of hydrogen-bond donors (Lipinski definition) is 1. The molecule has 2 rings (SSSR count). The van der Waals surface area contributed by atoms with Crippen LogP contribution in [0.25, 0.3) is 0 Å². The molecule has 0 amide bonds. The number of likely N-dealkylation sites (tertiary alicyclic amines) is 1. The summed E-state index contributed by atoms with van der Waals surface area (Å²) < 4.78 is 11.4. The minimum absolute atomic E-state index is 0.0636. The van der Waals surface area contributed by atoms with Crippen molar-refractivity contribution in [3.63, 3.8) is 0 Å². The lowest BCUT2D eigenvalue weighted by atomic mass is 9.91. The lowest BCUT2D eigenvalue weighted by Crippen LogP contribution is -2.45. The third kappa shape index (κ3) is 2.50. The van der Waals surface area contributed by atoms with Gasteiger partial charge in [0.25, 0.3) is 0 Å². The lowest BCUT2D eigenvalue weighted by Gasteiger charge is -2.37. The van der Waals surface area contributed by atoms with Gasteiger partial charge >= 0.3 is 0 Å². The normalized spacial score (nSPS) is 37.6. The first-order chi connectivity index (χ1) is 7.28. The molecule has 2 N–H and O–H groups in total. The second-order valence-corrected chi connectivity index (χ2v) is 4.70. The van der Waals surface area contributed by atoms with Crippen LogP contribution in [0.4, 0.5) is 0 Å². The quantitative estimate of drug-likeness (QED) is 0.730. The van der Waals surface area contributed by atoms with E-state index in [4.69, 9.17) is 15.2 Å². The molecule has 2 heterocycles. The molecule has 1 spiro atoms. The van der Waals surface area contributed by atoms with Crippen LogP contribution in [-0.2, 0) is 9.47 Å². The Morgan fingerprint density at radius 2 is 2.47 bits per heavy atom. The molecule has 0 unspecified atom stereocenters. The molecule has 0 aliphatic carbocycles. The summed E-state index contributed by atoms with van der Waals surface area (Å²) in [4.78, 5) is 2.40. The van der Waals surface area contributed by atoms with E-state index in [1.54, 1.807) is 7.11 Å². The maximum Gasteiger partial charge on any atom is 0.0845 e. The lowest BCUT2D eigenvalue weighted by molar-refractivity contribution is -0.119. The van der Waals surface area contributed by atoms with E-state index in [9.17, 15) is 0 Å². The monoisotopic (exact) mass is 214 g/mol. The van der Waals surface area contributed by atoms with Crippen LogP contribution in [0.2, 0.25) is 0 Å². The Hall–Kier alpha value is -0.160. The standard InChI is InChI=1S/C11H22N2O2/c1-14-10-2-7-15-11(8-10)3-5-13(9-11)6-4-12/h10H,2-9,12H2,1H3/t10-,11-/m1/s1. The summed E-state index contributed by atoms with van der Waals surface area (Å²) in [6.45, 7) is 4.72. The van der Waals surface area contributed by atoms with Crippen molar-refractivity contribution in [1.29, 1.82) is 0 Å². The van der Waals surface area contributed by atoms with E-state index in [1.807, 2.05) is 0 Å². The van der Waals surface area contributed by atoms with E-state index in [0.29, 0.717) is 6.10 Å². The molecular formula is C11H22N2O2. The fourth-order valence-electron chi connectivity index (χ4n) is 2.77. The molecule has 15 heavy (non-hydrogen) atoms. The van der Waals surface area contributed by atoms with Gasteiger partial charge in [-0.05, 0) is 12.8 Å². The molecular weight excluding hydrogens is 192 g/mol. The molecule has 2 aliphatic heterocycles. The maximum atomic E-state index is 5.97. The highest BCUT2D eigenvalue weighted by molar-refractivity contribution is 4.95. The maximum absolute atomic E-state index is 5.97. The van der Waals surface area contributed by atoms with Gasteiger partial charge in [0.1, 0.15) is 0 Å². The van der Waals surface area contributed by atoms with Gasteiger partial charge in [-0.3, -0.25) is 4.90 Å². The fourth-order valence-corrected chi connectivity index (χ4v) is 2.77. The van der Waals surface area contributed by atoms with E-state index < -0.39 is 0 Å². The van der Waals surface area contributed by atoms with Crippen LogP contribution in [-0.4, -0.2) is 56.5 Å².